The van der Waals surface area contributed by atoms with Crippen molar-refractivity contribution in [2.45, 2.75) is 0 Å². The van der Waals surface area contributed by atoms with Crippen LogP contribution in [0, 0.1) is 0 Å². The molecule has 0 radical (unpaired) electrons. The van der Waals surface area contributed by atoms with Crippen LogP contribution in [0.5, 0.6) is 0 Å². The Morgan fingerprint density at radius 2 is 1.94 bits per heavy atom. The minimum absolute atomic E-state index is 0.229. The molecule has 0 aliphatic heterocycles. The lowest BCUT2D eigenvalue weighted by atomic mass is 10.1. The van der Waals surface area contributed by atoms with Crippen LogP contribution < -0.4 is 16.4 Å². The van der Waals surface area contributed by atoms with E-state index in [0.717, 1.165) is 0 Å². The van der Waals surface area contributed by atoms with Gasteiger partial charge in [0.15, 0.2) is 5.82 Å². The molecule has 0 aliphatic rings. The van der Waals surface area contributed by atoms with Crippen molar-refractivity contribution in [3.63, 3.8) is 0 Å². The number of nitrogens with zero attached hydrogens (tertiary/aromatic N) is 1. The molecule has 3 amide bonds. The molecule has 7 heteroatoms. The zero-order valence-electron chi connectivity index (χ0n) is 9.21. The Kier molecular flexibility index (Phi) is 3.24. The minimum atomic E-state index is -0.618. The predicted octanol–water partition coefficient (Wildman–Crippen LogP) is 1.42. The van der Waals surface area contributed by atoms with E-state index in [0.29, 0.717) is 5.69 Å². The first kappa shape index (κ1) is 11.6. The molecule has 2 rings (SSSR count). The number of benzene rings is 1. The summed E-state index contributed by atoms with van der Waals surface area (Å²) in [4.78, 5) is 22.7. The Hall–Kier alpha value is -2.83. The van der Waals surface area contributed by atoms with E-state index in [4.69, 9.17) is 5.73 Å². The quantitative estimate of drug-likeness (QED) is 0.760. The van der Waals surface area contributed by atoms with Gasteiger partial charge >= 0.3 is 6.03 Å². The third kappa shape index (κ3) is 2.64. The van der Waals surface area contributed by atoms with Crippen molar-refractivity contribution in [2.75, 3.05) is 10.6 Å². The Labute approximate surface area is 102 Å². The lowest BCUT2D eigenvalue weighted by Gasteiger charge is -2.08. The number of rotatable bonds is 3. The largest absolute Gasteiger partial charge is 0.366 e. The fraction of sp³-hybridized carbons (Fsp3) is 0. The van der Waals surface area contributed by atoms with E-state index < -0.39 is 11.9 Å². The van der Waals surface area contributed by atoms with Gasteiger partial charge in [-0.05, 0) is 12.1 Å². The van der Waals surface area contributed by atoms with Gasteiger partial charge in [0.2, 0.25) is 0 Å². The second-order valence-electron chi connectivity index (χ2n) is 3.37. The zero-order valence-corrected chi connectivity index (χ0v) is 9.21. The van der Waals surface area contributed by atoms with Crippen molar-refractivity contribution in [1.82, 2.24) is 5.16 Å². The van der Waals surface area contributed by atoms with Gasteiger partial charge in [-0.2, -0.15) is 0 Å². The molecule has 0 saturated carbocycles. The number of para-hydroxylation sites is 1. The number of amides is 3. The molecule has 0 aliphatic carbocycles. The second-order valence-corrected chi connectivity index (χ2v) is 3.37. The van der Waals surface area contributed by atoms with E-state index in [1.54, 1.807) is 18.2 Å². The fourth-order valence-corrected chi connectivity index (χ4v) is 1.35. The van der Waals surface area contributed by atoms with Crippen LogP contribution in [0.1, 0.15) is 10.4 Å². The second kappa shape index (κ2) is 5.00. The molecule has 1 aromatic heterocycles. The molecule has 0 unspecified atom stereocenters. The molecule has 0 bridgehead atoms. The van der Waals surface area contributed by atoms with E-state index in [1.165, 1.54) is 18.4 Å². The molecule has 2 aromatic rings. The summed E-state index contributed by atoms with van der Waals surface area (Å²) in [5.41, 5.74) is 5.74. The summed E-state index contributed by atoms with van der Waals surface area (Å²) in [6.45, 7) is 0. The standard InChI is InChI=1S/C11H10N4O3/c12-10(16)7-3-1-2-4-8(7)13-11(17)14-9-5-6-18-15-9/h1-6H,(H2,12,16)(H2,13,14,15,17). The van der Waals surface area contributed by atoms with Crippen molar-refractivity contribution in [3.05, 3.63) is 42.2 Å². The van der Waals surface area contributed by atoms with Gasteiger partial charge in [-0.1, -0.05) is 17.3 Å². The number of hydrogen-bond acceptors (Lipinski definition) is 4. The summed E-state index contributed by atoms with van der Waals surface area (Å²) < 4.78 is 4.56. The van der Waals surface area contributed by atoms with E-state index in [-0.39, 0.29) is 11.4 Å². The summed E-state index contributed by atoms with van der Waals surface area (Å²) in [6, 6.07) is 7.37. The molecular formula is C11H10N4O3. The van der Waals surface area contributed by atoms with Crippen LogP contribution in [-0.4, -0.2) is 17.1 Å². The van der Waals surface area contributed by atoms with Gasteiger partial charge in [0.1, 0.15) is 6.26 Å². The number of aromatic nitrogens is 1. The highest BCUT2D eigenvalue weighted by atomic mass is 16.5. The average Bonchev–Trinajstić information content (AvgIpc) is 2.82. The van der Waals surface area contributed by atoms with E-state index in [9.17, 15) is 9.59 Å². The molecule has 0 saturated heterocycles. The van der Waals surface area contributed by atoms with Crippen molar-refractivity contribution in [2.24, 2.45) is 5.73 Å². The predicted molar refractivity (Wildman–Crippen MR) is 64.1 cm³/mol. The van der Waals surface area contributed by atoms with E-state index in [1.807, 2.05) is 0 Å². The molecule has 18 heavy (non-hydrogen) atoms. The van der Waals surface area contributed by atoms with Crippen molar-refractivity contribution in [1.29, 1.82) is 0 Å². The summed E-state index contributed by atoms with van der Waals surface area (Å²) in [7, 11) is 0. The Morgan fingerprint density at radius 1 is 1.17 bits per heavy atom. The van der Waals surface area contributed by atoms with Crippen molar-refractivity contribution < 1.29 is 14.1 Å². The maximum atomic E-state index is 11.6. The molecule has 0 fully saturated rings. The minimum Gasteiger partial charge on any atom is -0.366 e. The van der Waals surface area contributed by atoms with Crippen LogP contribution in [-0.2, 0) is 0 Å². The maximum Gasteiger partial charge on any atom is 0.324 e. The smallest absolute Gasteiger partial charge is 0.324 e. The lowest BCUT2D eigenvalue weighted by Crippen LogP contribution is -2.22. The van der Waals surface area contributed by atoms with E-state index in [2.05, 4.69) is 20.3 Å². The number of anilines is 2. The number of primary amides is 1. The van der Waals surface area contributed by atoms with Crippen LogP contribution in [0.3, 0.4) is 0 Å². The molecule has 4 N–H and O–H groups in total. The Balaban J connectivity index is 2.09. The molecule has 0 spiro atoms. The fourth-order valence-electron chi connectivity index (χ4n) is 1.35. The third-order valence-electron chi connectivity index (χ3n) is 2.12. The van der Waals surface area contributed by atoms with Crippen LogP contribution in [0.2, 0.25) is 0 Å². The van der Waals surface area contributed by atoms with Crippen molar-refractivity contribution >= 4 is 23.4 Å². The van der Waals surface area contributed by atoms with Crippen LogP contribution >= 0.6 is 0 Å². The molecule has 7 nitrogen and oxygen atoms in total. The monoisotopic (exact) mass is 246 g/mol. The van der Waals surface area contributed by atoms with Gasteiger partial charge in [-0.3, -0.25) is 10.1 Å². The highest BCUT2D eigenvalue weighted by molar-refractivity contribution is 6.05. The Bertz CT molecular complexity index is 565. The van der Waals surface area contributed by atoms with Gasteiger partial charge in [0, 0.05) is 6.07 Å². The van der Waals surface area contributed by atoms with Crippen LogP contribution in [0.15, 0.2) is 41.1 Å². The first-order valence-corrected chi connectivity index (χ1v) is 5.04. The number of nitrogens with two attached hydrogens (primary N) is 1. The Morgan fingerprint density at radius 3 is 2.61 bits per heavy atom. The summed E-state index contributed by atoms with van der Waals surface area (Å²) >= 11 is 0. The average molecular weight is 246 g/mol. The molecular weight excluding hydrogens is 236 g/mol. The van der Waals surface area contributed by atoms with E-state index >= 15 is 0 Å². The first-order valence-electron chi connectivity index (χ1n) is 5.04. The number of carbonyl (C=O) groups excluding carboxylic acids is 2. The van der Waals surface area contributed by atoms with Gasteiger partial charge in [0.25, 0.3) is 5.91 Å². The highest BCUT2D eigenvalue weighted by Crippen LogP contribution is 2.14. The molecule has 0 atom stereocenters. The third-order valence-corrected chi connectivity index (χ3v) is 2.12. The molecule has 1 aromatic carbocycles. The van der Waals surface area contributed by atoms with Crippen LogP contribution in [0.25, 0.3) is 0 Å². The number of hydrogen-bond donors (Lipinski definition) is 3. The zero-order chi connectivity index (χ0) is 13.0. The maximum absolute atomic E-state index is 11.6. The van der Waals surface area contributed by atoms with Gasteiger partial charge < -0.3 is 15.6 Å². The molecule has 1 heterocycles. The topological polar surface area (TPSA) is 110 Å². The lowest BCUT2D eigenvalue weighted by molar-refractivity contribution is 0.100. The number of urea groups is 1. The van der Waals surface area contributed by atoms with Gasteiger partial charge in [-0.25, -0.2) is 4.79 Å². The summed E-state index contributed by atoms with van der Waals surface area (Å²) in [6.07, 6.45) is 1.33. The van der Waals surface area contributed by atoms with Gasteiger partial charge in [0.05, 0.1) is 11.3 Å². The SMILES string of the molecule is NC(=O)c1ccccc1NC(=O)Nc1ccon1. The number of carbonyl (C=O) groups is 2. The number of nitrogens with one attached hydrogen (secondary N) is 2. The normalized spacial score (nSPS) is 9.78. The highest BCUT2D eigenvalue weighted by Gasteiger charge is 2.10. The first-order chi connectivity index (χ1) is 8.66. The molecule has 92 valence electrons. The summed E-state index contributed by atoms with van der Waals surface area (Å²) in [5, 5.41) is 8.44. The van der Waals surface area contributed by atoms with Crippen molar-refractivity contribution in [3.8, 4) is 0 Å². The summed E-state index contributed by atoms with van der Waals surface area (Å²) in [5.74, 6) is -0.351. The van der Waals surface area contributed by atoms with Crippen LogP contribution in [0.4, 0.5) is 16.3 Å². The van der Waals surface area contributed by atoms with Gasteiger partial charge in [-0.15, -0.1) is 0 Å².